The Bertz CT molecular complexity index is 1030. The maximum atomic E-state index is 12.9. The second kappa shape index (κ2) is 8.47. The summed E-state index contributed by atoms with van der Waals surface area (Å²) in [6.45, 7) is 2.07. The summed E-state index contributed by atoms with van der Waals surface area (Å²) in [6, 6.07) is 11.2. The minimum Gasteiger partial charge on any atom is -0.461 e. The van der Waals surface area contributed by atoms with Gasteiger partial charge in [0.05, 0.1) is 34.5 Å². The number of esters is 1. The molecule has 0 radical (unpaired) electrons. The lowest BCUT2D eigenvalue weighted by molar-refractivity contribution is -0.137. The first kappa shape index (κ1) is 21.2. The zero-order valence-corrected chi connectivity index (χ0v) is 16.6. The lowest BCUT2D eigenvalue weighted by Crippen LogP contribution is -2.08. The second-order valence-electron chi connectivity index (χ2n) is 6.12. The molecule has 2 aromatic carbocycles. The van der Waals surface area contributed by atoms with Crippen molar-refractivity contribution in [2.45, 2.75) is 19.6 Å². The Morgan fingerprint density at radius 2 is 1.76 bits per heavy atom. The van der Waals surface area contributed by atoms with Gasteiger partial charge in [0, 0.05) is 0 Å². The first-order valence-corrected chi connectivity index (χ1v) is 9.31. The molecule has 152 valence electrons. The number of hydrogen-bond acceptors (Lipinski definition) is 3. The van der Waals surface area contributed by atoms with Crippen molar-refractivity contribution in [3.63, 3.8) is 0 Å². The summed E-state index contributed by atoms with van der Waals surface area (Å²) in [5.74, 6) is -0.617. The van der Waals surface area contributed by atoms with E-state index in [9.17, 15) is 18.0 Å². The lowest BCUT2D eigenvalue weighted by Gasteiger charge is -2.10. The quantitative estimate of drug-likeness (QED) is 0.448. The number of rotatable bonds is 5. The van der Waals surface area contributed by atoms with Crippen molar-refractivity contribution in [1.29, 1.82) is 0 Å². The highest BCUT2D eigenvalue weighted by Crippen LogP contribution is 2.31. The molecule has 3 rings (SSSR count). The largest absolute Gasteiger partial charge is 0.461 e. The SMILES string of the molecule is CCOC(=O)c1cc(-c2ccc(C(F)(F)F)cc2)n(Cc2ccc(Cl)c(Cl)c2)n1. The molecule has 0 saturated heterocycles. The Morgan fingerprint density at radius 3 is 2.34 bits per heavy atom. The fourth-order valence-electron chi connectivity index (χ4n) is 2.72. The van der Waals surface area contributed by atoms with Gasteiger partial charge in [-0.3, -0.25) is 4.68 Å². The van der Waals surface area contributed by atoms with Crippen LogP contribution in [0.2, 0.25) is 10.0 Å². The Kier molecular flexibility index (Phi) is 6.19. The van der Waals surface area contributed by atoms with Crippen molar-refractivity contribution in [3.05, 3.63) is 75.4 Å². The van der Waals surface area contributed by atoms with Crippen LogP contribution in [0.25, 0.3) is 11.3 Å². The average molecular weight is 443 g/mol. The smallest absolute Gasteiger partial charge is 0.416 e. The molecule has 0 spiro atoms. The van der Waals surface area contributed by atoms with Crippen molar-refractivity contribution in [2.75, 3.05) is 6.61 Å². The summed E-state index contributed by atoms with van der Waals surface area (Å²) in [7, 11) is 0. The summed E-state index contributed by atoms with van der Waals surface area (Å²) < 4.78 is 45.0. The molecule has 9 heteroatoms. The van der Waals surface area contributed by atoms with Crippen molar-refractivity contribution >= 4 is 29.2 Å². The molecular weight excluding hydrogens is 428 g/mol. The third-order valence-corrected chi connectivity index (χ3v) is 4.83. The maximum absolute atomic E-state index is 12.9. The highest BCUT2D eigenvalue weighted by atomic mass is 35.5. The topological polar surface area (TPSA) is 44.1 Å². The van der Waals surface area contributed by atoms with Gasteiger partial charge < -0.3 is 4.74 Å². The number of carbonyl (C=O) groups excluding carboxylic acids is 1. The molecule has 0 aliphatic rings. The number of benzene rings is 2. The van der Waals surface area contributed by atoms with E-state index in [0.29, 0.717) is 21.3 Å². The summed E-state index contributed by atoms with van der Waals surface area (Å²) in [4.78, 5) is 12.1. The van der Waals surface area contributed by atoms with Crippen LogP contribution in [0.15, 0.2) is 48.5 Å². The third-order valence-electron chi connectivity index (χ3n) is 4.09. The van der Waals surface area contributed by atoms with Crippen LogP contribution in [0, 0.1) is 0 Å². The first-order valence-electron chi connectivity index (χ1n) is 8.55. The summed E-state index contributed by atoms with van der Waals surface area (Å²) >= 11 is 12.0. The molecule has 1 aromatic heterocycles. The van der Waals surface area contributed by atoms with Gasteiger partial charge in [0.15, 0.2) is 5.69 Å². The van der Waals surface area contributed by atoms with Crippen molar-refractivity contribution in [1.82, 2.24) is 9.78 Å². The minimum absolute atomic E-state index is 0.0572. The van der Waals surface area contributed by atoms with Crippen LogP contribution < -0.4 is 0 Å². The second-order valence-corrected chi connectivity index (χ2v) is 6.93. The molecule has 1 heterocycles. The van der Waals surface area contributed by atoms with Crippen molar-refractivity contribution in [3.8, 4) is 11.3 Å². The average Bonchev–Trinajstić information content (AvgIpc) is 3.08. The van der Waals surface area contributed by atoms with E-state index in [1.807, 2.05) is 0 Å². The van der Waals surface area contributed by atoms with E-state index < -0.39 is 17.7 Å². The van der Waals surface area contributed by atoms with Gasteiger partial charge in [-0.2, -0.15) is 18.3 Å². The number of alkyl halides is 3. The molecule has 0 aliphatic carbocycles. The van der Waals surface area contributed by atoms with E-state index in [-0.39, 0.29) is 18.8 Å². The molecule has 3 aromatic rings. The van der Waals surface area contributed by atoms with Gasteiger partial charge in [-0.15, -0.1) is 0 Å². The van der Waals surface area contributed by atoms with Crippen LogP contribution >= 0.6 is 23.2 Å². The molecular formula is C20H15Cl2F3N2O2. The maximum Gasteiger partial charge on any atom is 0.416 e. The Hall–Kier alpha value is -2.51. The van der Waals surface area contributed by atoms with E-state index in [0.717, 1.165) is 17.7 Å². The lowest BCUT2D eigenvalue weighted by atomic mass is 10.1. The van der Waals surface area contributed by atoms with Crippen molar-refractivity contribution in [2.24, 2.45) is 0 Å². The number of nitrogens with zero attached hydrogens (tertiary/aromatic N) is 2. The zero-order chi connectivity index (χ0) is 21.2. The fraction of sp³-hybridized carbons (Fsp3) is 0.200. The van der Waals surface area contributed by atoms with E-state index in [4.69, 9.17) is 27.9 Å². The number of aromatic nitrogens is 2. The predicted molar refractivity (Wildman–Crippen MR) is 104 cm³/mol. The Labute approximate surface area is 174 Å². The highest BCUT2D eigenvalue weighted by molar-refractivity contribution is 6.42. The summed E-state index contributed by atoms with van der Waals surface area (Å²) in [5.41, 5.74) is 0.990. The van der Waals surface area contributed by atoms with Gasteiger partial charge in [-0.1, -0.05) is 41.4 Å². The number of carbonyl (C=O) groups is 1. The van der Waals surface area contributed by atoms with E-state index in [2.05, 4.69) is 5.10 Å². The molecule has 0 fully saturated rings. The minimum atomic E-state index is -4.44. The van der Waals surface area contributed by atoms with Gasteiger partial charge in [-0.25, -0.2) is 4.79 Å². The van der Waals surface area contributed by atoms with Crippen LogP contribution in [0.4, 0.5) is 13.2 Å². The Balaban J connectivity index is 2.01. The third kappa shape index (κ3) is 4.92. The van der Waals surface area contributed by atoms with Gasteiger partial charge >= 0.3 is 12.1 Å². The van der Waals surface area contributed by atoms with E-state index in [1.165, 1.54) is 22.9 Å². The summed E-state index contributed by atoms with van der Waals surface area (Å²) in [5, 5.41) is 5.02. The molecule has 0 amide bonds. The number of halogens is 5. The fourth-order valence-corrected chi connectivity index (χ4v) is 3.04. The zero-order valence-electron chi connectivity index (χ0n) is 15.1. The van der Waals surface area contributed by atoms with Crippen LogP contribution in [0.5, 0.6) is 0 Å². The van der Waals surface area contributed by atoms with Gasteiger partial charge in [0.25, 0.3) is 0 Å². The first-order chi connectivity index (χ1) is 13.7. The molecule has 29 heavy (non-hydrogen) atoms. The molecule has 0 aliphatic heterocycles. The van der Waals surface area contributed by atoms with Gasteiger partial charge in [0.1, 0.15) is 0 Å². The molecule has 0 saturated carbocycles. The van der Waals surface area contributed by atoms with Crippen LogP contribution in [0.1, 0.15) is 28.5 Å². The monoisotopic (exact) mass is 442 g/mol. The Morgan fingerprint density at radius 1 is 1.07 bits per heavy atom. The molecule has 0 unspecified atom stereocenters. The predicted octanol–water partition coefficient (Wildman–Crippen LogP) is 6.10. The normalized spacial score (nSPS) is 11.5. The van der Waals surface area contributed by atoms with E-state index in [1.54, 1.807) is 25.1 Å². The highest BCUT2D eigenvalue weighted by Gasteiger charge is 2.30. The van der Waals surface area contributed by atoms with Crippen molar-refractivity contribution < 1.29 is 22.7 Å². The molecule has 0 N–H and O–H groups in total. The standard InChI is InChI=1S/C20H15Cl2F3N2O2/c1-2-29-19(28)17-10-18(13-4-6-14(7-5-13)20(23,24)25)27(26-17)11-12-3-8-15(21)16(22)9-12/h3-10H,2,11H2,1H3. The molecule has 0 atom stereocenters. The van der Waals surface area contributed by atoms with Crippen LogP contribution in [-0.2, 0) is 17.5 Å². The number of hydrogen-bond donors (Lipinski definition) is 0. The molecule has 0 bridgehead atoms. The van der Waals surface area contributed by atoms with Gasteiger partial charge in [0.2, 0.25) is 0 Å². The summed E-state index contributed by atoms with van der Waals surface area (Å²) in [6.07, 6.45) is -4.44. The van der Waals surface area contributed by atoms with E-state index >= 15 is 0 Å². The van der Waals surface area contributed by atoms with Gasteiger partial charge in [-0.05, 0) is 48.4 Å². The number of ether oxygens (including phenoxy) is 1. The van der Waals surface area contributed by atoms with Crippen LogP contribution in [-0.4, -0.2) is 22.4 Å². The van der Waals surface area contributed by atoms with Crippen LogP contribution in [0.3, 0.4) is 0 Å². The molecule has 4 nitrogen and oxygen atoms in total.